The standard InChI is InChI=1S/C16H28N2O/c1-5-11-17-12-14-9-7-8-10-15(14)18(6-2)13-16(3,4)19/h7-10,17,19H,5-6,11-13H2,1-4H3. The van der Waals surface area contributed by atoms with Crippen molar-refractivity contribution in [2.75, 3.05) is 24.5 Å². The number of nitrogens with one attached hydrogen (secondary N) is 1. The smallest absolute Gasteiger partial charge is 0.0765 e. The van der Waals surface area contributed by atoms with Crippen LogP contribution in [0.2, 0.25) is 0 Å². The van der Waals surface area contributed by atoms with Crippen LogP contribution in [0.15, 0.2) is 24.3 Å². The van der Waals surface area contributed by atoms with Crippen LogP contribution in [-0.2, 0) is 6.54 Å². The van der Waals surface area contributed by atoms with Crippen molar-refractivity contribution in [1.82, 2.24) is 5.32 Å². The summed E-state index contributed by atoms with van der Waals surface area (Å²) in [6, 6.07) is 8.43. The molecular formula is C16H28N2O. The predicted octanol–water partition coefficient (Wildman–Crippen LogP) is 2.78. The summed E-state index contributed by atoms with van der Waals surface area (Å²) in [5.74, 6) is 0. The van der Waals surface area contributed by atoms with Gasteiger partial charge in [0.25, 0.3) is 0 Å². The first kappa shape index (κ1) is 16.0. The molecule has 0 saturated carbocycles. The molecule has 1 aromatic carbocycles. The molecule has 0 aliphatic rings. The summed E-state index contributed by atoms with van der Waals surface area (Å²) in [5, 5.41) is 13.5. The summed E-state index contributed by atoms with van der Waals surface area (Å²) in [5.41, 5.74) is 1.83. The monoisotopic (exact) mass is 264 g/mol. The average Bonchev–Trinajstić information content (AvgIpc) is 2.36. The van der Waals surface area contributed by atoms with E-state index in [-0.39, 0.29) is 0 Å². The molecule has 0 fully saturated rings. The Labute approximate surface area is 117 Å². The van der Waals surface area contributed by atoms with Gasteiger partial charge in [0.15, 0.2) is 0 Å². The van der Waals surface area contributed by atoms with E-state index < -0.39 is 5.60 Å². The van der Waals surface area contributed by atoms with Gasteiger partial charge in [0, 0.05) is 25.3 Å². The van der Waals surface area contributed by atoms with E-state index in [1.807, 2.05) is 13.8 Å². The molecule has 0 aromatic heterocycles. The largest absolute Gasteiger partial charge is 0.389 e. The maximum Gasteiger partial charge on any atom is 0.0765 e. The Morgan fingerprint density at radius 2 is 1.89 bits per heavy atom. The van der Waals surface area contributed by atoms with E-state index in [2.05, 4.69) is 48.3 Å². The molecule has 0 aliphatic heterocycles. The Balaban J connectivity index is 2.84. The number of anilines is 1. The van der Waals surface area contributed by atoms with E-state index >= 15 is 0 Å². The van der Waals surface area contributed by atoms with Gasteiger partial charge < -0.3 is 15.3 Å². The lowest BCUT2D eigenvalue weighted by atomic mass is 10.1. The van der Waals surface area contributed by atoms with Gasteiger partial charge in [0.05, 0.1) is 5.60 Å². The number of hydrogen-bond donors (Lipinski definition) is 2. The number of rotatable bonds is 8. The van der Waals surface area contributed by atoms with Crippen molar-refractivity contribution in [3.05, 3.63) is 29.8 Å². The van der Waals surface area contributed by atoms with Crippen LogP contribution < -0.4 is 10.2 Å². The molecule has 1 rings (SSSR count). The third-order valence-corrected chi connectivity index (χ3v) is 3.03. The highest BCUT2D eigenvalue weighted by molar-refractivity contribution is 5.53. The van der Waals surface area contributed by atoms with Gasteiger partial charge in [-0.1, -0.05) is 25.1 Å². The molecule has 1 aromatic rings. The topological polar surface area (TPSA) is 35.5 Å². The summed E-state index contributed by atoms with van der Waals surface area (Å²) < 4.78 is 0. The quantitative estimate of drug-likeness (QED) is 0.709. The van der Waals surface area contributed by atoms with Crippen molar-refractivity contribution in [3.63, 3.8) is 0 Å². The Morgan fingerprint density at radius 3 is 2.47 bits per heavy atom. The SMILES string of the molecule is CCCNCc1ccccc1N(CC)CC(C)(C)O. The van der Waals surface area contributed by atoms with Crippen molar-refractivity contribution < 1.29 is 5.11 Å². The fourth-order valence-electron chi connectivity index (χ4n) is 2.20. The predicted molar refractivity (Wildman–Crippen MR) is 82.6 cm³/mol. The van der Waals surface area contributed by atoms with Gasteiger partial charge in [0.2, 0.25) is 0 Å². The minimum absolute atomic E-state index is 0.647. The molecule has 3 nitrogen and oxygen atoms in total. The summed E-state index contributed by atoms with van der Waals surface area (Å²) in [6.45, 7) is 11.5. The number of para-hydroxylation sites is 1. The number of benzene rings is 1. The van der Waals surface area contributed by atoms with Crippen LogP contribution in [0.5, 0.6) is 0 Å². The van der Waals surface area contributed by atoms with Gasteiger partial charge in [-0.05, 0) is 45.4 Å². The minimum Gasteiger partial charge on any atom is -0.389 e. The molecule has 108 valence electrons. The molecule has 0 aliphatic carbocycles. The third kappa shape index (κ3) is 5.62. The molecule has 0 saturated heterocycles. The second-order valence-corrected chi connectivity index (χ2v) is 5.63. The lowest BCUT2D eigenvalue weighted by Crippen LogP contribution is -2.39. The highest BCUT2D eigenvalue weighted by atomic mass is 16.3. The van der Waals surface area contributed by atoms with Gasteiger partial charge in [-0.25, -0.2) is 0 Å². The fraction of sp³-hybridized carbons (Fsp3) is 0.625. The average molecular weight is 264 g/mol. The molecule has 0 unspecified atom stereocenters. The van der Waals surface area contributed by atoms with E-state index in [1.54, 1.807) is 0 Å². The molecular weight excluding hydrogens is 236 g/mol. The molecule has 0 atom stereocenters. The van der Waals surface area contributed by atoms with Gasteiger partial charge in [0.1, 0.15) is 0 Å². The molecule has 2 N–H and O–H groups in total. The number of nitrogens with zero attached hydrogens (tertiary/aromatic N) is 1. The van der Waals surface area contributed by atoms with E-state index in [1.165, 1.54) is 11.3 Å². The zero-order valence-electron chi connectivity index (χ0n) is 12.7. The second-order valence-electron chi connectivity index (χ2n) is 5.63. The molecule has 0 radical (unpaired) electrons. The van der Waals surface area contributed by atoms with Gasteiger partial charge >= 0.3 is 0 Å². The summed E-state index contributed by atoms with van der Waals surface area (Å²) >= 11 is 0. The fourth-order valence-corrected chi connectivity index (χ4v) is 2.20. The number of hydrogen-bond acceptors (Lipinski definition) is 3. The Bertz CT molecular complexity index is 371. The van der Waals surface area contributed by atoms with Crippen molar-refractivity contribution >= 4 is 5.69 Å². The van der Waals surface area contributed by atoms with Gasteiger partial charge in [-0.2, -0.15) is 0 Å². The zero-order valence-corrected chi connectivity index (χ0v) is 12.7. The maximum absolute atomic E-state index is 10.0. The van der Waals surface area contributed by atoms with E-state index in [9.17, 15) is 5.11 Å². The maximum atomic E-state index is 10.0. The van der Waals surface area contributed by atoms with E-state index in [0.717, 1.165) is 26.1 Å². The van der Waals surface area contributed by atoms with Crippen LogP contribution in [0, 0.1) is 0 Å². The first-order valence-corrected chi connectivity index (χ1v) is 7.24. The first-order valence-electron chi connectivity index (χ1n) is 7.24. The highest BCUT2D eigenvalue weighted by Gasteiger charge is 2.19. The van der Waals surface area contributed by atoms with Crippen LogP contribution in [-0.4, -0.2) is 30.3 Å². The summed E-state index contributed by atoms with van der Waals surface area (Å²) in [7, 11) is 0. The Morgan fingerprint density at radius 1 is 1.21 bits per heavy atom. The van der Waals surface area contributed by atoms with Crippen LogP contribution in [0.3, 0.4) is 0 Å². The highest BCUT2D eigenvalue weighted by Crippen LogP contribution is 2.22. The number of aliphatic hydroxyl groups is 1. The summed E-state index contributed by atoms with van der Waals surface area (Å²) in [4.78, 5) is 2.24. The lowest BCUT2D eigenvalue weighted by Gasteiger charge is -2.31. The summed E-state index contributed by atoms with van der Waals surface area (Å²) in [6.07, 6.45) is 1.14. The van der Waals surface area contributed by atoms with Crippen LogP contribution >= 0.6 is 0 Å². The van der Waals surface area contributed by atoms with Gasteiger partial charge in [-0.15, -0.1) is 0 Å². The van der Waals surface area contributed by atoms with Crippen LogP contribution in [0.1, 0.15) is 39.7 Å². The molecule has 0 spiro atoms. The van der Waals surface area contributed by atoms with Gasteiger partial charge in [-0.3, -0.25) is 0 Å². The first-order chi connectivity index (χ1) is 8.98. The molecule has 3 heteroatoms. The van der Waals surface area contributed by atoms with E-state index in [4.69, 9.17) is 0 Å². The van der Waals surface area contributed by atoms with E-state index in [0.29, 0.717) is 6.54 Å². The molecule has 19 heavy (non-hydrogen) atoms. The van der Waals surface area contributed by atoms with Crippen LogP contribution in [0.25, 0.3) is 0 Å². The third-order valence-electron chi connectivity index (χ3n) is 3.03. The Hall–Kier alpha value is -1.06. The zero-order chi connectivity index (χ0) is 14.3. The Kier molecular flexibility index (Phi) is 6.32. The normalized spacial score (nSPS) is 11.6. The number of likely N-dealkylation sites (N-methyl/N-ethyl adjacent to an activating group) is 1. The van der Waals surface area contributed by atoms with Crippen molar-refractivity contribution in [3.8, 4) is 0 Å². The molecule has 0 amide bonds. The van der Waals surface area contributed by atoms with Crippen molar-refractivity contribution in [2.45, 2.75) is 46.3 Å². The van der Waals surface area contributed by atoms with Crippen molar-refractivity contribution in [1.29, 1.82) is 0 Å². The van der Waals surface area contributed by atoms with Crippen LogP contribution in [0.4, 0.5) is 5.69 Å². The lowest BCUT2D eigenvalue weighted by molar-refractivity contribution is 0.0875. The minimum atomic E-state index is -0.681. The molecule has 0 bridgehead atoms. The molecule has 0 heterocycles. The second kappa shape index (κ2) is 7.51. The van der Waals surface area contributed by atoms with Crippen molar-refractivity contribution in [2.24, 2.45) is 0 Å².